The Kier molecular flexibility index (Phi) is 5.27. The summed E-state index contributed by atoms with van der Waals surface area (Å²) in [7, 11) is -3.64. The number of hydrogen-bond acceptors (Lipinski definition) is 4. The fourth-order valence-corrected chi connectivity index (χ4v) is 4.07. The predicted octanol–water partition coefficient (Wildman–Crippen LogP) is 2.32. The number of fused-ring (bicyclic) bond motifs is 1. The highest BCUT2D eigenvalue weighted by atomic mass is 32.2. The molecule has 0 radical (unpaired) electrons. The molecular formula is C18H26N4O2S. The van der Waals surface area contributed by atoms with Gasteiger partial charge in [-0.1, -0.05) is 38.1 Å². The Hall–Kier alpha value is -1.70. The minimum absolute atomic E-state index is 0.0896. The summed E-state index contributed by atoms with van der Waals surface area (Å²) in [6, 6.07) is 7.61. The van der Waals surface area contributed by atoms with Crippen molar-refractivity contribution in [1.29, 1.82) is 0 Å². The molecule has 136 valence electrons. The lowest BCUT2D eigenvalue weighted by molar-refractivity contribution is 0.522. The van der Waals surface area contributed by atoms with Gasteiger partial charge in [-0.2, -0.15) is 0 Å². The van der Waals surface area contributed by atoms with E-state index in [1.807, 2.05) is 28.8 Å². The number of sulfonamides is 1. The summed E-state index contributed by atoms with van der Waals surface area (Å²) in [4.78, 5) is 4.28. The van der Waals surface area contributed by atoms with Crippen LogP contribution in [0.5, 0.6) is 0 Å². The van der Waals surface area contributed by atoms with Crippen LogP contribution < -0.4 is 10.5 Å². The normalized spacial score (nSPS) is 16.0. The van der Waals surface area contributed by atoms with Gasteiger partial charge in [0.25, 0.3) is 10.0 Å². The van der Waals surface area contributed by atoms with Gasteiger partial charge in [0.15, 0.2) is 5.03 Å². The summed E-state index contributed by atoms with van der Waals surface area (Å²) < 4.78 is 29.5. The Morgan fingerprint density at radius 2 is 1.88 bits per heavy atom. The fourth-order valence-electron chi connectivity index (χ4n) is 3.04. The Morgan fingerprint density at radius 3 is 2.52 bits per heavy atom. The number of benzene rings is 1. The standard InChI is InChI=1S/C18H26N4O2S/c1-13(2)14-6-8-15(9-7-14)16(19)11-20-25(23,24)18-12-22-10-4-3-5-17(22)21-18/h6-9,12-13,16,20H,3-5,10-11,19H2,1-2H3. The van der Waals surface area contributed by atoms with Crippen molar-refractivity contribution in [2.24, 2.45) is 5.73 Å². The molecule has 6 nitrogen and oxygen atoms in total. The van der Waals surface area contributed by atoms with Crippen molar-refractivity contribution in [2.75, 3.05) is 6.54 Å². The molecule has 0 bridgehead atoms. The number of nitrogens with one attached hydrogen (secondary N) is 1. The summed E-state index contributed by atoms with van der Waals surface area (Å²) in [5.41, 5.74) is 8.30. The lowest BCUT2D eigenvalue weighted by Gasteiger charge is -2.14. The van der Waals surface area contributed by atoms with E-state index in [1.54, 1.807) is 6.20 Å². The molecule has 2 heterocycles. The Labute approximate surface area is 149 Å². The molecule has 0 spiro atoms. The lowest BCUT2D eigenvalue weighted by atomic mass is 9.99. The van der Waals surface area contributed by atoms with E-state index >= 15 is 0 Å². The highest BCUT2D eigenvalue weighted by Crippen LogP contribution is 2.19. The second-order valence-electron chi connectivity index (χ2n) is 6.93. The number of aryl methyl sites for hydroxylation is 2. The Bertz CT molecular complexity index is 802. The predicted molar refractivity (Wildman–Crippen MR) is 97.8 cm³/mol. The molecule has 0 saturated heterocycles. The maximum absolute atomic E-state index is 12.5. The largest absolute Gasteiger partial charge is 0.333 e. The molecule has 0 fully saturated rings. The summed E-state index contributed by atoms with van der Waals surface area (Å²) in [6.45, 7) is 5.24. The van der Waals surface area contributed by atoms with Crippen LogP contribution in [0.4, 0.5) is 0 Å². The van der Waals surface area contributed by atoms with Gasteiger partial charge < -0.3 is 10.3 Å². The molecule has 7 heteroatoms. The molecule has 1 aromatic heterocycles. The number of rotatable bonds is 6. The Balaban J connectivity index is 1.66. The van der Waals surface area contributed by atoms with E-state index in [0.29, 0.717) is 5.92 Å². The minimum atomic E-state index is -3.64. The van der Waals surface area contributed by atoms with Crippen LogP contribution in [0, 0.1) is 0 Å². The van der Waals surface area contributed by atoms with Gasteiger partial charge in [-0.15, -0.1) is 0 Å². The third-order valence-electron chi connectivity index (χ3n) is 4.69. The molecule has 1 unspecified atom stereocenters. The number of hydrogen-bond donors (Lipinski definition) is 2. The van der Waals surface area contributed by atoms with Crippen LogP contribution in [0.25, 0.3) is 0 Å². The first kappa shape index (κ1) is 18.1. The van der Waals surface area contributed by atoms with E-state index in [1.165, 1.54) is 5.56 Å². The maximum atomic E-state index is 12.5. The first-order chi connectivity index (χ1) is 11.9. The molecule has 2 aromatic rings. The monoisotopic (exact) mass is 362 g/mol. The third-order valence-corrected chi connectivity index (χ3v) is 5.98. The van der Waals surface area contributed by atoms with Crippen molar-refractivity contribution in [3.8, 4) is 0 Å². The molecule has 1 aliphatic rings. The highest BCUT2D eigenvalue weighted by Gasteiger charge is 2.22. The van der Waals surface area contributed by atoms with Crippen molar-refractivity contribution in [2.45, 2.75) is 56.6 Å². The second kappa shape index (κ2) is 7.27. The third kappa shape index (κ3) is 4.11. The zero-order valence-corrected chi connectivity index (χ0v) is 15.6. The average molecular weight is 362 g/mol. The van der Waals surface area contributed by atoms with Crippen molar-refractivity contribution in [1.82, 2.24) is 14.3 Å². The van der Waals surface area contributed by atoms with Gasteiger partial charge in [-0.25, -0.2) is 18.1 Å². The summed E-state index contributed by atoms with van der Waals surface area (Å²) >= 11 is 0. The van der Waals surface area contributed by atoms with Crippen molar-refractivity contribution in [3.63, 3.8) is 0 Å². The number of nitrogens with zero attached hydrogens (tertiary/aromatic N) is 2. The van der Waals surface area contributed by atoms with Crippen LogP contribution in [0.2, 0.25) is 0 Å². The van der Waals surface area contributed by atoms with Crippen LogP contribution in [-0.4, -0.2) is 24.5 Å². The fraction of sp³-hybridized carbons (Fsp3) is 0.500. The molecule has 0 amide bonds. The highest BCUT2D eigenvalue weighted by molar-refractivity contribution is 7.89. The molecular weight excluding hydrogens is 336 g/mol. The smallest absolute Gasteiger partial charge is 0.259 e. The summed E-state index contributed by atoms with van der Waals surface area (Å²) in [5.74, 6) is 1.30. The number of aromatic nitrogens is 2. The first-order valence-corrected chi connectivity index (χ1v) is 10.3. The SMILES string of the molecule is CC(C)c1ccc(C(N)CNS(=O)(=O)c2cn3c(n2)CCCC3)cc1. The van der Waals surface area contributed by atoms with E-state index in [2.05, 4.69) is 23.6 Å². The second-order valence-corrected chi connectivity index (χ2v) is 8.64. The van der Waals surface area contributed by atoms with Crippen LogP contribution >= 0.6 is 0 Å². The first-order valence-electron chi connectivity index (χ1n) is 8.78. The van der Waals surface area contributed by atoms with E-state index in [-0.39, 0.29) is 11.6 Å². The molecule has 3 rings (SSSR count). The average Bonchev–Trinajstić information content (AvgIpc) is 3.05. The zero-order chi connectivity index (χ0) is 18.0. The van der Waals surface area contributed by atoms with Crippen LogP contribution in [-0.2, 0) is 23.0 Å². The molecule has 3 N–H and O–H groups in total. The van der Waals surface area contributed by atoms with Gasteiger partial charge in [-0.3, -0.25) is 0 Å². The van der Waals surface area contributed by atoms with Gasteiger partial charge in [0.1, 0.15) is 5.82 Å². The molecule has 1 aromatic carbocycles. The van der Waals surface area contributed by atoms with Gasteiger partial charge in [0.2, 0.25) is 0 Å². The lowest BCUT2D eigenvalue weighted by Crippen LogP contribution is -2.32. The van der Waals surface area contributed by atoms with Crippen molar-refractivity contribution >= 4 is 10.0 Å². The van der Waals surface area contributed by atoms with E-state index in [0.717, 1.165) is 37.2 Å². The van der Waals surface area contributed by atoms with Crippen LogP contribution in [0.3, 0.4) is 0 Å². The maximum Gasteiger partial charge on any atom is 0.259 e. The van der Waals surface area contributed by atoms with Crippen LogP contribution in [0.15, 0.2) is 35.5 Å². The zero-order valence-electron chi connectivity index (χ0n) is 14.8. The summed E-state index contributed by atoms with van der Waals surface area (Å²) in [6.07, 6.45) is 4.58. The number of imidazole rings is 1. The van der Waals surface area contributed by atoms with E-state index in [9.17, 15) is 8.42 Å². The van der Waals surface area contributed by atoms with Gasteiger partial charge >= 0.3 is 0 Å². The van der Waals surface area contributed by atoms with Gasteiger partial charge in [0.05, 0.1) is 0 Å². The molecule has 1 aliphatic heterocycles. The van der Waals surface area contributed by atoms with Gasteiger partial charge in [0, 0.05) is 31.7 Å². The topological polar surface area (TPSA) is 90.0 Å². The van der Waals surface area contributed by atoms with E-state index in [4.69, 9.17) is 5.73 Å². The quantitative estimate of drug-likeness (QED) is 0.825. The van der Waals surface area contributed by atoms with E-state index < -0.39 is 16.1 Å². The van der Waals surface area contributed by atoms with Crippen LogP contribution in [0.1, 0.15) is 55.6 Å². The minimum Gasteiger partial charge on any atom is -0.333 e. The molecule has 0 saturated carbocycles. The summed E-state index contributed by atoms with van der Waals surface area (Å²) in [5, 5.41) is 0.0896. The van der Waals surface area contributed by atoms with Gasteiger partial charge in [-0.05, 0) is 29.9 Å². The number of nitrogens with two attached hydrogens (primary N) is 1. The van der Waals surface area contributed by atoms with Crippen molar-refractivity contribution < 1.29 is 8.42 Å². The Morgan fingerprint density at radius 1 is 1.20 bits per heavy atom. The molecule has 1 atom stereocenters. The van der Waals surface area contributed by atoms with Crippen molar-refractivity contribution in [3.05, 3.63) is 47.4 Å². The molecule has 25 heavy (non-hydrogen) atoms. The molecule has 0 aliphatic carbocycles.